The molecule has 0 aromatic carbocycles. The number of methoxy groups -OCH3 is 4. The number of alkyl carbamates (subject to hydrolysis) is 1. The zero-order valence-corrected chi connectivity index (χ0v) is 40.0. The molecule has 0 aromatic rings. The molecule has 3 N–H and O–H groups in total. The van der Waals surface area contributed by atoms with Gasteiger partial charge in [-0.15, -0.1) is 0 Å². The summed E-state index contributed by atoms with van der Waals surface area (Å²) in [6.45, 7) is 41.6. The fourth-order valence-electron chi connectivity index (χ4n) is 1.60. The summed E-state index contributed by atoms with van der Waals surface area (Å²) in [5.41, 5.74) is 0. The first-order valence-electron chi connectivity index (χ1n) is 20.0. The van der Waals surface area contributed by atoms with Crippen molar-refractivity contribution in [2.24, 2.45) is 17.8 Å². The lowest BCUT2D eigenvalue weighted by Gasteiger charge is -2.08. The van der Waals surface area contributed by atoms with Crippen LogP contribution in [0.4, 0.5) is 4.79 Å². The van der Waals surface area contributed by atoms with E-state index in [0.717, 1.165) is 30.8 Å². The average molecular weight is 794 g/mol. The zero-order chi connectivity index (χ0) is 44.8. The average Bonchev–Trinajstić information content (AvgIpc) is 3.05. The fourth-order valence-corrected chi connectivity index (χ4v) is 1.60. The molecule has 338 valence electrons. The number of Topliss-reactive ketones (excluding diaryl/α,β-unsaturated/α-hetero) is 1. The van der Waals surface area contributed by atoms with Crippen molar-refractivity contribution in [1.82, 2.24) is 5.32 Å². The van der Waals surface area contributed by atoms with Crippen LogP contribution < -0.4 is 5.32 Å². The Kier molecular flexibility index (Phi) is 99.4. The van der Waals surface area contributed by atoms with Crippen LogP contribution in [0, 0.1) is 17.8 Å². The van der Waals surface area contributed by atoms with Crippen LogP contribution in [-0.4, -0.2) is 128 Å². The van der Waals surface area contributed by atoms with Gasteiger partial charge in [0.25, 0.3) is 0 Å². The second kappa shape index (κ2) is 72.8. The highest BCUT2D eigenvalue weighted by Gasteiger charge is 2.02. The number of aliphatic hydroxyl groups is 2. The number of hydrogen-bond acceptors (Lipinski definition) is 11. The first kappa shape index (κ1) is 73.7. The van der Waals surface area contributed by atoms with Gasteiger partial charge in [-0.3, -0.25) is 0 Å². The van der Waals surface area contributed by atoms with Crippen molar-refractivity contribution in [3.63, 3.8) is 0 Å². The van der Waals surface area contributed by atoms with Crippen molar-refractivity contribution < 1.29 is 53.0 Å². The summed E-state index contributed by atoms with van der Waals surface area (Å²) < 4.78 is 33.4. The molecule has 0 aliphatic carbocycles. The Hall–Kier alpha value is -1.38. The molecule has 0 aliphatic heterocycles. The van der Waals surface area contributed by atoms with E-state index in [-0.39, 0.29) is 18.0 Å². The third-order valence-corrected chi connectivity index (χ3v) is 3.76. The Labute approximate surface area is 337 Å². The van der Waals surface area contributed by atoms with Crippen LogP contribution in [0.15, 0.2) is 0 Å². The first-order chi connectivity index (χ1) is 25.1. The summed E-state index contributed by atoms with van der Waals surface area (Å²) in [7, 11) is 6.38. The van der Waals surface area contributed by atoms with Gasteiger partial charge in [0, 0.05) is 54.6 Å². The maximum atomic E-state index is 10.7. The van der Waals surface area contributed by atoms with Gasteiger partial charge in [-0.2, -0.15) is 0 Å². The van der Waals surface area contributed by atoms with Gasteiger partial charge in [-0.05, 0) is 58.8 Å². The highest BCUT2D eigenvalue weighted by Crippen LogP contribution is 1.88. The van der Waals surface area contributed by atoms with E-state index in [0.29, 0.717) is 59.2 Å². The van der Waals surface area contributed by atoms with Crippen LogP contribution in [0.25, 0.3) is 0 Å². The minimum atomic E-state index is -0.477. The van der Waals surface area contributed by atoms with E-state index in [1.165, 1.54) is 6.42 Å². The topological polar surface area (TPSA) is 151 Å². The van der Waals surface area contributed by atoms with E-state index in [2.05, 4.69) is 91.0 Å². The summed E-state index contributed by atoms with van der Waals surface area (Å²) >= 11 is 0. The summed E-state index contributed by atoms with van der Waals surface area (Å²) in [6.07, 6.45) is 1.47. The van der Waals surface area contributed by atoms with Gasteiger partial charge >= 0.3 is 6.09 Å². The molecule has 0 saturated carbocycles. The first-order valence-corrected chi connectivity index (χ1v) is 20.0. The SMILES string of the molecule is CC(C)C.CC(C)C.CC(C)C.CCC.CCC(C)=O.CCC(O)COC.CCOCC(O)COC.CCOCCOC.COCCNC(=O)OC(C)C. The molecular formula is C42H99NO11. The standard InChI is InChI=1S/C7H15NO3.C6H14O3.2C5H12O2.C4H8O.3C4H10.C3H8/c1-6(2)11-7(9)8-4-5-10-3;1-3-9-5-6(7)4-8-2;1-3-7-5-4-6-2;1-3-5(6)4-7-2;1-3-4(2)5;3*1-4(2)3;1-3-2/h6H,4-5H2,1-3H3,(H,8,9);6-7H,3-5H2,1-2H3;3-5H2,1-2H3;5-6H,3-4H2,1-2H3;3H2,1-2H3;3*4H,1-3H3;3H2,1-2H3. The second-order valence-corrected chi connectivity index (χ2v) is 13.8. The maximum Gasteiger partial charge on any atom is 0.407 e. The Bertz CT molecular complexity index is 568. The molecule has 0 spiro atoms. The quantitative estimate of drug-likeness (QED) is 0.121. The van der Waals surface area contributed by atoms with Gasteiger partial charge in [-0.25, -0.2) is 4.79 Å². The number of rotatable bonds is 17. The van der Waals surface area contributed by atoms with Gasteiger partial charge in [-0.1, -0.05) is 96.4 Å². The lowest BCUT2D eigenvalue weighted by molar-refractivity contribution is -0.116. The van der Waals surface area contributed by atoms with Gasteiger partial charge in [0.15, 0.2) is 0 Å². The molecule has 54 heavy (non-hydrogen) atoms. The van der Waals surface area contributed by atoms with Crippen molar-refractivity contribution in [3.05, 3.63) is 0 Å². The number of ketones is 1. The molecule has 0 fully saturated rings. The minimum Gasteiger partial charge on any atom is -0.447 e. The van der Waals surface area contributed by atoms with Gasteiger partial charge < -0.3 is 53.5 Å². The minimum absolute atomic E-state index is 0.0717. The molecule has 0 heterocycles. The molecule has 0 aromatic heterocycles. The van der Waals surface area contributed by atoms with Crippen molar-refractivity contribution in [2.45, 2.75) is 162 Å². The highest BCUT2D eigenvalue weighted by molar-refractivity contribution is 5.74. The van der Waals surface area contributed by atoms with E-state index >= 15 is 0 Å². The largest absolute Gasteiger partial charge is 0.447 e. The molecule has 2 unspecified atom stereocenters. The van der Waals surface area contributed by atoms with Crippen LogP contribution in [0.2, 0.25) is 0 Å². The lowest BCUT2D eigenvalue weighted by Crippen LogP contribution is -2.29. The van der Waals surface area contributed by atoms with Crippen LogP contribution in [0.3, 0.4) is 0 Å². The van der Waals surface area contributed by atoms with E-state index in [1.54, 1.807) is 49.2 Å². The van der Waals surface area contributed by atoms with E-state index < -0.39 is 12.2 Å². The van der Waals surface area contributed by atoms with Crippen LogP contribution >= 0.6 is 0 Å². The smallest absolute Gasteiger partial charge is 0.407 e. The molecular weight excluding hydrogens is 694 g/mol. The maximum absolute atomic E-state index is 10.7. The van der Waals surface area contributed by atoms with Crippen LogP contribution in [0.1, 0.15) is 144 Å². The summed E-state index contributed by atoms with van der Waals surface area (Å²) in [6, 6.07) is 0. The monoisotopic (exact) mass is 794 g/mol. The molecule has 12 nitrogen and oxygen atoms in total. The Balaban J connectivity index is -0.0000000621. The summed E-state index contributed by atoms with van der Waals surface area (Å²) in [5.74, 6) is 2.75. The number of aliphatic hydroxyl groups excluding tert-OH is 2. The molecule has 0 aliphatic rings. The Morgan fingerprint density at radius 1 is 0.556 bits per heavy atom. The molecule has 0 saturated heterocycles. The summed E-state index contributed by atoms with van der Waals surface area (Å²) in [4.78, 5) is 20.6. The van der Waals surface area contributed by atoms with Gasteiger partial charge in [0.1, 0.15) is 11.9 Å². The molecule has 0 bridgehead atoms. The van der Waals surface area contributed by atoms with Crippen LogP contribution in [-0.2, 0) is 38.0 Å². The van der Waals surface area contributed by atoms with Gasteiger partial charge in [0.05, 0.1) is 51.8 Å². The van der Waals surface area contributed by atoms with E-state index in [9.17, 15) is 9.59 Å². The van der Waals surface area contributed by atoms with Gasteiger partial charge in [0.2, 0.25) is 0 Å². The van der Waals surface area contributed by atoms with Crippen molar-refractivity contribution in [3.8, 4) is 0 Å². The third-order valence-electron chi connectivity index (χ3n) is 3.76. The predicted octanol–water partition coefficient (Wildman–Crippen LogP) is 9.26. The zero-order valence-electron chi connectivity index (χ0n) is 40.0. The molecule has 0 rings (SSSR count). The molecule has 2 atom stereocenters. The third kappa shape index (κ3) is 190. The molecule has 12 heteroatoms. The van der Waals surface area contributed by atoms with Crippen molar-refractivity contribution >= 4 is 11.9 Å². The Morgan fingerprint density at radius 3 is 1.15 bits per heavy atom. The van der Waals surface area contributed by atoms with Crippen LogP contribution in [0.5, 0.6) is 0 Å². The number of hydrogen-bond donors (Lipinski definition) is 3. The molecule has 0 radical (unpaired) electrons. The number of carbonyl (C=O) groups is 2. The van der Waals surface area contributed by atoms with Crippen molar-refractivity contribution in [2.75, 3.05) is 87.8 Å². The number of ether oxygens (including phenoxy) is 7. The predicted molar refractivity (Wildman–Crippen MR) is 231 cm³/mol. The van der Waals surface area contributed by atoms with E-state index in [1.807, 2.05) is 27.7 Å². The molecule has 1 amide bonds. The second-order valence-electron chi connectivity index (χ2n) is 13.8. The number of amides is 1. The normalized spacial score (nSPS) is 10.4. The fraction of sp³-hybridized carbons (Fsp3) is 0.952. The van der Waals surface area contributed by atoms with E-state index in [4.69, 9.17) is 33.9 Å². The highest BCUT2D eigenvalue weighted by atomic mass is 16.6. The number of carbonyl (C=O) groups excluding carboxylic acids is 2. The lowest BCUT2D eigenvalue weighted by atomic mass is 10.3. The van der Waals surface area contributed by atoms with Crippen molar-refractivity contribution in [1.29, 1.82) is 0 Å². The number of nitrogens with one attached hydrogen (secondary N) is 1. The summed E-state index contributed by atoms with van der Waals surface area (Å²) in [5, 5.41) is 20.2. The Morgan fingerprint density at radius 2 is 0.907 bits per heavy atom.